The van der Waals surface area contributed by atoms with Crippen LogP contribution in [0.3, 0.4) is 0 Å². The van der Waals surface area contributed by atoms with Crippen molar-refractivity contribution in [2.45, 2.75) is 12.5 Å². The fraction of sp³-hybridized carbons (Fsp3) is 0.176. The summed E-state index contributed by atoms with van der Waals surface area (Å²) in [4.78, 5) is 0. The van der Waals surface area contributed by atoms with Crippen molar-refractivity contribution < 1.29 is 5.11 Å². The van der Waals surface area contributed by atoms with Crippen molar-refractivity contribution in [1.82, 2.24) is 0 Å². The third kappa shape index (κ3) is 2.85. The molecule has 0 aliphatic carbocycles. The Balaban J connectivity index is 2.38. The number of benzene rings is 2. The van der Waals surface area contributed by atoms with Crippen molar-refractivity contribution in [3.63, 3.8) is 0 Å². The van der Waals surface area contributed by atoms with Gasteiger partial charge in [0.25, 0.3) is 0 Å². The molecule has 0 bridgehead atoms. The second-order valence-electron chi connectivity index (χ2n) is 4.69. The van der Waals surface area contributed by atoms with E-state index in [1.807, 2.05) is 55.5 Å². The molecule has 19 heavy (non-hydrogen) atoms. The van der Waals surface area contributed by atoms with Crippen molar-refractivity contribution in [2.24, 2.45) is 0 Å². The molecule has 2 aromatic carbocycles. The van der Waals surface area contributed by atoms with Gasteiger partial charge in [0.1, 0.15) is 5.54 Å². The lowest BCUT2D eigenvalue weighted by Crippen LogP contribution is -2.37. The van der Waals surface area contributed by atoms with Gasteiger partial charge in [-0.3, -0.25) is 0 Å². The number of aryl methyl sites for hydroxylation is 1. The molecule has 0 aromatic heterocycles. The van der Waals surface area contributed by atoms with Crippen LogP contribution in [0.25, 0.3) is 0 Å². The Morgan fingerprint density at radius 1 is 1.16 bits per heavy atom. The minimum absolute atomic E-state index is 0.0472. The van der Waals surface area contributed by atoms with Crippen molar-refractivity contribution in [2.75, 3.05) is 11.9 Å². The zero-order valence-electron chi connectivity index (χ0n) is 11.1. The van der Waals surface area contributed by atoms with Crippen LogP contribution in [-0.4, -0.2) is 11.7 Å². The quantitative estimate of drug-likeness (QED) is 0.800. The normalized spacial score (nSPS) is 13.6. The summed E-state index contributed by atoms with van der Waals surface area (Å²) >= 11 is 0. The van der Waals surface area contributed by atoms with Crippen LogP contribution in [-0.2, 0) is 5.54 Å². The van der Waals surface area contributed by atoms with Crippen LogP contribution in [0.1, 0.15) is 11.1 Å². The summed E-state index contributed by atoms with van der Waals surface area (Å²) in [6.45, 7) is 5.87. The van der Waals surface area contributed by atoms with Crippen molar-refractivity contribution in [1.29, 1.82) is 0 Å². The molecule has 0 saturated carbocycles. The third-order valence-electron chi connectivity index (χ3n) is 3.27. The minimum Gasteiger partial charge on any atom is -0.393 e. The van der Waals surface area contributed by atoms with Crippen LogP contribution in [0.4, 0.5) is 5.69 Å². The van der Waals surface area contributed by atoms with Crippen LogP contribution >= 0.6 is 0 Å². The molecule has 98 valence electrons. The Kier molecular flexibility index (Phi) is 4.03. The van der Waals surface area contributed by atoms with Gasteiger partial charge in [0.05, 0.1) is 6.61 Å². The van der Waals surface area contributed by atoms with E-state index in [1.54, 1.807) is 6.08 Å². The number of anilines is 1. The summed E-state index contributed by atoms with van der Waals surface area (Å²) in [5, 5.41) is 13.2. The van der Waals surface area contributed by atoms with E-state index in [0.29, 0.717) is 0 Å². The van der Waals surface area contributed by atoms with Gasteiger partial charge in [-0.25, -0.2) is 0 Å². The summed E-state index contributed by atoms with van der Waals surface area (Å²) in [5.74, 6) is 0. The topological polar surface area (TPSA) is 32.3 Å². The molecule has 2 rings (SSSR count). The number of hydrogen-bond donors (Lipinski definition) is 2. The van der Waals surface area contributed by atoms with E-state index in [4.69, 9.17) is 0 Å². The van der Waals surface area contributed by atoms with Gasteiger partial charge in [0.15, 0.2) is 0 Å². The lowest BCUT2D eigenvalue weighted by molar-refractivity contribution is 0.241. The van der Waals surface area contributed by atoms with Crippen LogP contribution in [0.5, 0.6) is 0 Å². The fourth-order valence-corrected chi connectivity index (χ4v) is 2.15. The molecule has 0 saturated heterocycles. The molecule has 0 unspecified atom stereocenters. The monoisotopic (exact) mass is 253 g/mol. The van der Waals surface area contributed by atoms with E-state index in [9.17, 15) is 5.11 Å². The molecule has 0 aliphatic heterocycles. The molecule has 0 fully saturated rings. The first-order valence-corrected chi connectivity index (χ1v) is 6.35. The van der Waals surface area contributed by atoms with Crippen molar-refractivity contribution >= 4 is 5.69 Å². The molecule has 0 aliphatic rings. The predicted molar refractivity (Wildman–Crippen MR) is 80.2 cm³/mol. The highest BCUT2D eigenvalue weighted by Gasteiger charge is 2.27. The van der Waals surface area contributed by atoms with Crippen LogP contribution < -0.4 is 5.32 Å². The Morgan fingerprint density at radius 2 is 1.89 bits per heavy atom. The first kappa shape index (κ1) is 13.4. The van der Waals surface area contributed by atoms with E-state index >= 15 is 0 Å². The average Bonchev–Trinajstić information content (AvgIpc) is 2.46. The summed E-state index contributed by atoms with van der Waals surface area (Å²) in [5.41, 5.74) is 2.48. The van der Waals surface area contributed by atoms with Gasteiger partial charge in [0.2, 0.25) is 0 Å². The Hall–Kier alpha value is -2.06. The number of aliphatic hydroxyl groups is 1. The molecule has 1 atom stereocenters. The number of hydrogen-bond acceptors (Lipinski definition) is 2. The first-order chi connectivity index (χ1) is 9.20. The highest BCUT2D eigenvalue weighted by atomic mass is 16.3. The zero-order valence-corrected chi connectivity index (χ0v) is 11.1. The predicted octanol–water partition coefficient (Wildman–Crippen LogP) is 3.48. The molecule has 2 heteroatoms. The molecule has 0 heterocycles. The third-order valence-corrected chi connectivity index (χ3v) is 3.27. The van der Waals surface area contributed by atoms with Gasteiger partial charge in [-0.15, -0.1) is 6.58 Å². The molecule has 2 nitrogen and oxygen atoms in total. The SMILES string of the molecule is C=C[C@](CO)(Nc1cccc(C)c1)c1ccccc1. The molecule has 0 amide bonds. The lowest BCUT2D eigenvalue weighted by Gasteiger charge is -2.31. The smallest absolute Gasteiger partial charge is 0.104 e. The Labute approximate surface area is 114 Å². The molecule has 2 aromatic rings. The maximum absolute atomic E-state index is 9.83. The van der Waals surface area contributed by atoms with Gasteiger partial charge in [-0.05, 0) is 30.2 Å². The number of aliphatic hydroxyl groups excluding tert-OH is 1. The fourth-order valence-electron chi connectivity index (χ4n) is 2.15. The van der Waals surface area contributed by atoms with E-state index < -0.39 is 5.54 Å². The van der Waals surface area contributed by atoms with Gasteiger partial charge in [-0.2, -0.15) is 0 Å². The summed E-state index contributed by atoms with van der Waals surface area (Å²) in [6, 6.07) is 17.9. The number of rotatable bonds is 5. The molecule has 0 spiro atoms. The van der Waals surface area contributed by atoms with Crippen LogP contribution in [0.15, 0.2) is 67.3 Å². The Morgan fingerprint density at radius 3 is 2.47 bits per heavy atom. The molecule has 0 radical (unpaired) electrons. The summed E-state index contributed by atoms with van der Waals surface area (Å²) < 4.78 is 0. The maximum atomic E-state index is 9.83. The highest BCUT2D eigenvalue weighted by molar-refractivity contribution is 5.51. The minimum atomic E-state index is -0.658. The highest BCUT2D eigenvalue weighted by Crippen LogP contribution is 2.27. The van der Waals surface area contributed by atoms with E-state index in [2.05, 4.69) is 18.0 Å². The first-order valence-electron chi connectivity index (χ1n) is 6.35. The van der Waals surface area contributed by atoms with E-state index in [0.717, 1.165) is 11.3 Å². The van der Waals surface area contributed by atoms with Gasteiger partial charge in [0, 0.05) is 5.69 Å². The van der Waals surface area contributed by atoms with Crippen LogP contribution in [0.2, 0.25) is 0 Å². The lowest BCUT2D eigenvalue weighted by atomic mass is 9.90. The van der Waals surface area contributed by atoms with Crippen molar-refractivity contribution in [3.8, 4) is 0 Å². The summed E-state index contributed by atoms with van der Waals surface area (Å²) in [7, 11) is 0. The molecular formula is C17H19NO. The summed E-state index contributed by atoms with van der Waals surface area (Å²) in [6.07, 6.45) is 1.75. The van der Waals surface area contributed by atoms with Crippen molar-refractivity contribution in [3.05, 3.63) is 78.4 Å². The van der Waals surface area contributed by atoms with Gasteiger partial charge >= 0.3 is 0 Å². The van der Waals surface area contributed by atoms with E-state index in [-0.39, 0.29) is 6.61 Å². The molecular weight excluding hydrogens is 234 g/mol. The van der Waals surface area contributed by atoms with Gasteiger partial charge in [-0.1, -0.05) is 48.5 Å². The standard InChI is InChI=1S/C17H19NO/c1-3-17(13-19,15-9-5-4-6-10-15)18-16-11-7-8-14(2)12-16/h3-12,18-19H,1,13H2,2H3/t17-/m1/s1. The number of nitrogens with one attached hydrogen (secondary N) is 1. The maximum Gasteiger partial charge on any atom is 0.104 e. The van der Waals surface area contributed by atoms with Crippen LogP contribution in [0, 0.1) is 6.92 Å². The van der Waals surface area contributed by atoms with Gasteiger partial charge < -0.3 is 10.4 Å². The second-order valence-corrected chi connectivity index (χ2v) is 4.69. The Bertz CT molecular complexity index is 550. The zero-order chi connectivity index (χ0) is 13.7. The second kappa shape index (κ2) is 5.72. The molecule has 2 N–H and O–H groups in total. The average molecular weight is 253 g/mol. The van der Waals surface area contributed by atoms with E-state index in [1.165, 1.54) is 5.56 Å². The largest absolute Gasteiger partial charge is 0.393 e.